The van der Waals surface area contributed by atoms with E-state index in [9.17, 15) is 0 Å². The first-order valence-corrected chi connectivity index (χ1v) is 3.98. The monoisotopic (exact) mass is 176 g/mol. The van der Waals surface area contributed by atoms with Crippen LogP contribution in [0.3, 0.4) is 0 Å². The Kier molecular flexibility index (Phi) is 2.20. The Bertz CT molecular complexity index is 357. The van der Waals surface area contributed by atoms with Crippen molar-refractivity contribution < 1.29 is 0 Å². The lowest BCUT2D eigenvalue weighted by molar-refractivity contribution is 0.565. The van der Waals surface area contributed by atoms with Gasteiger partial charge in [0.05, 0.1) is 5.69 Å². The summed E-state index contributed by atoms with van der Waals surface area (Å²) in [7, 11) is 0. The quantitative estimate of drug-likeness (QED) is 0.645. The maximum Gasteiger partial charge on any atom is 0.145 e. The summed E-state index contributed by atoms with van der Waals surface area (Å²) in [5, 5.41) is 8.85. The number of hydrogen-bond acceptors (Lipinski definition) is 4. The third-order valence-electron chi connectivity index (χ3n) is 1.70. The van der Waals surface area contributed by atoms with Gasteiger partial charge in [0.2, 0.25) is 0 Å². The zero-order chi connectivity index (χ0) is 10.1. The van der Waals surface area contributed by atoms with Crippen LogP contribution in [0.15, 0.2) is 6.33 Å². The van der Waals surface area contributed by atoms with Crippen LogP contribution in [0.25, 0.3) is 0 Å². The highest BCUT2D eigenvalue weighted by Gasteiger charge is 2.21. The minimum absolute atomic E-state index is 0.178. The van der Waals surface area contributed by atoms with Crippen molar-refractivity contribution in [3.8, 4) is 6.07 Å². The molecular weight excluding hydrogens is 164 g/mol. The zero-order valence-corrected chi connectivity index (χ0v) is 8.00. The van der Waals surface area contributed by atoms with Gasteiger partial charge in [-0.25, -0.2) is 9.97 Å². The SMILES string of the molecule is CC(C)(C)c1ncnc(N)c1C#N. The van der Waals surface area contributed by atoms with Crippen LogP contribution in [0.2, 0.25) is 0 Å². The summed E-state index contributed by atoms with van der Waals surface area (Å²) < 4.78 is 0. The average molecular weight is 176 g/mol. The molecule has 0 aliphatic rings. The molecule has 0 spiro atoms. The molecule has 0 saturated carbocycles. The van der Waals surface area contributed by atoms with Gasteiger partial charge in [0.25, 0.3) is 0 Å². The van der Waals surface area contributed by atoms with E-state index in [4.69, 9.17) is 11.0 Å². The third-order valence-corrected chi connectivity index (χ3v) is 1.70. The average Bonchev–Trinajstić information content (AvgIpc) is 2.02. The Morgan fingerprint density at radius 2 is 2.00 bits per heavy atom. The van der Waals surface area contributed by atoms with Crippen molar-refractivity contribution in [3.63, 3.8) is 0 Å². The summed E-state index contributed by atoms with van der Waals surface area (Å²) in [5.74, 6) is 0.252. The van der Waals surface area contributed by atoms with Crippen molar-refractivity contribution in [2.45, 2.75) is 26.2 Å². The third kappa shape index (κ3) is 1.75. The van der Waals surface area contributed by atoms with E-state index in [0.717, 1.165) is 0 Å². The van der Waals surface area contributed by atoms with Crippen molar-refractivity contribution in [3.05, 3.63) is 17.6 Å². The first kappa shape index (κ1) is 9.46. The van der Waals surface area contributed by atoms with Crippen molar-refractivity contribution in [2.24, 2.45) is 0 Å². The molecule has 0 fully saturated rings. The molecule has 1 rings (SSSR count). The van der Waals surface area contributed by atoms with Gasteiger partial charge in [-0.05, 0) is 0 Å². The fraction of sp³-hybridized carbons (Fsp3) is 0.444. The molecule has 4 nitrogen and oxygen atoms in total. The van der Waals surface area contributed by atoms with Crippen LogP contribution >= 0.6 is 0 Å². The van der Waals surface area contributed by atoms with E-state index in [1.165, 1.54) is 6.33 Å². The molecule has 0 unspecified atom stereocenters. The molecule has 0 saturated heterocycles. The van der Waals surface area contributed by atoms with Gasteiger partial charge in [-0.2, -0.15) is 5.26 Å². The first-order chi connectivity index (χ1) is 5.96. The Morgan fingerprint density at radius 3 is 2.38 bits per heavy atom. The molecular formula is C9H12N4. The highest BCUT2D eigenvalue weighted by atomic mass is 14.9. The standard InChI is InChI=1S/C9H12N4/c1-9(2,3)7-6(4-10)8(11)13-5-12-7/h5H,1-3H3,(H2,11,12,13). The fourth-order valence-electron chi connectivity index (χ4n) is 1.08. The molecule has 0 atom stereocenters. The lowest BCUT2D eigenvalue weighted by Crippen LogP contribution is -2.17. The maximum atomic E-state index is 8.85. The smallest absolute Gasteiger partial charge is 0.145 e. The van der Waals surface area contributed by atoms with Gasteiger partial charge in [-0.3, -0.25) is 0 Å². The normalized spacial score (nSPS) is 10.9. The van der Waals surface area contributed by atoms with Crippen LogP contribution in [0.4, 0.5) is 5.82 Å². The molecule has 68 valence electrons. The number of anilines is 1. The zero-order valence-electron chi connectivity index (χ0n) is 8.00. The first-order valence-electron chi connectivity index (χ1n) is 3.98. The van der Waals surface area contributed by atoms with Crippen molar-refractivity contribution in [1.82, 2.24) is 9.97 Å². The molecule has 1 aromatic heterocycles. The van der Waals surface area contributed by atoms with Gasteiger partial charge in [0.15, 0.2) is 0 Å². The van der Waals surface area contributed by atoms with Crippen molar-refractivity contribution >= 4 is 5.82 Å². The van der Waals surface area contributed by atoms with E-state index >= 15 is 0 Å². The number of nitrogens with two attached hydrogens (primary N) is 1. The van der Waals surface area contributed by atoms with Gasteiger partial charge >= 0.3 is 0 Å². The van der Waals surface area contributed by atoms with Crippen LogP contribution in [0.1, 0.15) is 32.0 Å². The summed E-state index contributed by atoms with van der Waals surface area (Å²) in [5.41, 5.74) is 6.46. The van der Waals surface area contributed by atoms with Crippen LogP contribution in [-0.4, -0.2) is 9.97 Å². The molecule has 0 bridgehead atoms. The molecule has 1 aromatic rings. The summed E-state index contributed by atoms with van der Waals surface area (Å²) in [6.45, 7) is 5.95. The molecule has 2 N–H and O–H groups in total. The van der Waals surface area contributed by atoms with Gasteiger partial charge in [0, 0.05) is 5.41 Å². The second kappa shape index (κ2) is 3.02. The van der Waals surface area contributed by atoms with Gasteiger partial charge in [-0.1, -0.05) is 20.8 Å². The van der Waals surface area contributed by atoms with Crippen LogP contribution in [-0.2, 0) is 5.41 Å². The second-order valence-corrected chi connectivity index (χ2v) is 3.84. The van der Waals surface area contributed by atoms with E-state index < -0.39 is 0 Å². The highest BCUT2D eigenvalue weighted by molar-refractivity contribution is 5.51. The molecule has 0 aliphatic heterocycles. The molecule has 0 aliphatic carbocycles. The van der Waals surface area contributed by atoms with E-state index in [1.54, 1.807) is 0 Å². The van der Waals surface area contributed by atoms with E-state index in [2.05, 4.69) is 9.97 Å². The molecule has 0 aromatic carbocycles. The topological polar surface area (TPSA) is 75.6 Å². The Labute approximate surface area is 77.4 Å². The van der Waals surface area contributed by atoms with Crippen LogP contribution in [0.5, 0.6) is 0 Å². The van der Waals surface area contributed by atoms with Gasteiger partial charge in [0.1, 0.15) is 23.8 Å². The second-order valence-electron chi connectivity index (χ2n) is 3.84. The van der Waals surface area contributed by atoms with Crippen molar-refractivity contribution in [1.29, 1.82) is 5.26 Å². The summed E-state index contributed by atoms with van der Waals surface area (Å²) in [4.78, 5) is 7.84. The van der Waals surface area contributed by atoms with Crippen molar-refractivity contribution in [2.75, 3.05) is 5.73 Å². The molecule has 4 heteroatoms. The Morgan fingerprint density at radius 1 is 1.38 bits per heavy atom. The lowest BCUT2D eigenvalue weighted by atomic mass is 9.89. The fourth-order valence-corrected chi connectivity index (χ4v) is 1.08. The van der Waals surface area contributed by atoms with E-state index in [0.29, 0.717) is 11.3 Å². The number of aromatic nitrogens is 2. The Hall–Kier alpha value is -1.63. The van der Waals surface area contributed by atoms with E-state index in [1.807, 2.05) is 26.8 Å². The maximum absolute atomic E-state index is 8.85. The predicted molar refractivity (Wildman–Crippen MR) is 49.9 cm³/mol. The van der Waals surface area contributed by atoms with Crippen LogP contribution < -0.4 is 5.73 Å². The lowest BCUT2D eigenvalue weighted by Gasteiger charge is -2.18. The number of nitriles is 1. The minimum atomic E-state index is -0.178. The summed E-state index contributed by atoms with van der Waals surface area (Å²) in [6.07, 6.45) is 1.39. The minimum Gasteiger partial charge on any atom is -0.382 e. The van der Waals surface area contributed by atoms with Gasteiger partial charge < -0.3 is 5.73 Å². The van der Waals surface area contributed by atoms with Crippen LogP contribution in [0, 0.1) is 11.3 Å². The largest absolute Gasteiger partial charge is 0.382 e. The number of nitrogens with zero attached hydrogens (tertiary/aromatic N) is 3. The molecule has 0 radical (unpaired) electrons. The Balaban J connectivity index is 3.40. The molecule has 13 heavy (non-hydrogen) atoms. The highest BCUT2D eigenvalue weighted by Crippen LogP contribution is 2.24. The number of hydrogen-bond donors (Lipinski definition) is 1. The van der Waals surface area contributed by atoms with Gasteiger partial charge in [-0.15, -0.1) is 0 Å². The summed E-state index contributed by atoms with van der Waals surface area (Å²) >= 11 is 0. The molecule has 0 amide bonds. The van der Waals surface area contributed by atoms with E-state index in [-0.39, 0.29) is 11.2 Å². The number of rotatable bonds is 0. The molecule has 1 heterocycles. The summed E-state index contributed by atoms with van der Waals surface area (Å²) in [6, 6.07) is 2.02. The number of nitrogen functional groups attached to an aromatic ring is 1. The predicted octanol–water partition coefficient (Wildman–Crippen LogP) is 1.23.